The van der Waals surface area contributed by atoms with E-state index in [4.69, 9.17) is 0 Å². The Hall–Kier alpha value is -2.20. The van der Waals surface area contributed by atoms with Crippen LogP contribution in [0.4, 0.5) is 0 Å². The van der Waals surface area contributed by atoms with E-state index in [1.165, 1.54) is 5.56 Å². The van der Waals surface area contributed by atoms with Crippen LogP contribution in [0, 0.1) is 0 Å². The topological polar surface area (TPSA) is 45.2 Å². The van der Waals surface area contributed by atoms with E-state index in [2.05, 4.69) is 48.4 Å². The minimum Gasteiger partial charge on any atom is -0.336 e. The Morgan fingerprint density at radius 2 is 1.96 bits per heavy atom. The molecule has 1 aliphatic heterocycles. The highest BCUT2D eigenvalue weighted by Gasteiger charge is 2.18. The number of piperazine rings is 1. The number of hydrogen-bond acceptors (Lipinski definition) is 3. The number of carbonyl (C=O) groups is 1. The van der Waals surface area contributed by atoms with Crippen molar-refractivity contribution < 1.29 is 4.79 Å². The van der Waals surface area contributed by atoms with E-state index < -0.39 is 0 Å². The van der Waals surface area contributed by atoms with Gasteiger partial charge >= 0.3 is 0 Å². The van der Waals surface area contributed by atoms with Crippen molar-refractivity contribution in [2.45, 2.75) is 19.8 Å². The van der Waals surface area contributed by atoms with Gasteiger partial charge in [-0.3, -0.25) is 9.78 Å². The van der Waals surface area contributed by atoms with E-state index in [-0.39, 0.29) is 5.91 Å². The predicted molar refractivity (Wildman–Crippen MR) is 92.5 cm³/mol. The largest absolute Gasteiger partial charge is 0.336 e. The first kappa shape index (κ1) is 15.7. The van der Waals surface area contributed by atoms with Crippen LogP contribution in [0.15, 0.2) is 42.6 Å². The molecule has 0 saturated carbocycles. The van der Waals surface area contributed by atoms with Crippen LogP contribution in [-0.2, 0) is 0 Å². The average Bonchev–Trinajstić information content (AvgIpc) is 2.62. The zero-order chi connectivity index (χ0) is 16.2. The molecule has 1 aliphatic rings. The van der Waals surface area contributed by atoms with Gasteiger partial charge < -0.3 is 10.2 Å². The molecular formula is C19H23N3O. The lowest BCUT2D eigenvalue weighted by Crippen LogP contribution is -2.46. The van der Waals surface area contributed by atoms with Gasteiger partial charge in [0.2, 0.25) is 0 Å². The maximum atomic E-state index is 12.4. The van der Waals surface area contributed by atoms with Gasteiger partial charge in [-0.15, -0.1) is 0 Å². The minimum absolute atomic E-state index is 0.0708. The van der Waals surface area contributed by atoms with E-state index in [1.54, 1.807) is 6.20 Å². The molecule has 0 bridgehead atoms. The SMILES string of the molecule is CC(C)c1cccc(-c2ccc(C(=O)N3CCNCC3)cn2)c1. The third kappa shape index (κ3) is 3.59. The number of amides is 1. The Bertz CT molecular complexity index is 673. The molecule has 2 heterocycles. The Kier molecular flexibility index (Phi) is 4.72. The zero-order valence-corrected chi connectivity index (χ0v) is 13.7. The molecule has 0 spiro atoms. The number of nitrogens with zero attached hydrogens (tertiary/aromatic N) is 2. The van der Waals surface area contributed by atoms with Gasteiger partial charge in [-0.1, -0.05) is 32.0 Å². The van der Waals surface area contributed by atoms with Gasteiger partial charge in [-0.2, -0.15) is 0 Å². The van der Waals surface area contributed by atoms with E-state index >= 15 is 0 Å². The van der Waals surface area contributed by atoms with E-state index in [1.807, 2.05) is 17.0 Å². The fraction of sp³-hybridized carbons (Fsp3) is 0.368. The molecule has 1 fully saturated rings. The maximum Gasteiger partial charge on any atom is 0.255 e. The molecule has 120 valence electrons. The third-order valence-electron chi connectivity index (χ3n) is 4.26. The summed E-state index contributed by atoms with van der Waals surface area (Å²) in [6.45, 7) is 7.61. The first-order valence-electron chi connectivity index (χ1n) is 8.21. The summed E-state index contributed by atoms with van der Waals surface area (Å²) in [6, 6.07) is 12.3. The summed E-state index contributed by atoms with van der Waals surface area (Å²) in [5.41, 5.74) is 3.96. The van der Waals surface area contributed by atoms with Crippen LogP contribution in [0.25, 0.3) is 11.3 Å². The van der Waals surface area contributed by atoms with Crippen molar-refractivity contribution in [2.75, 3.05) is 26.2 Å². The molecule has 1 aromatic carbocycles. The van der Waals surface area contributed by atoms with Gasteiger partial charge in [0.05, 0.1) is 11.3 Å². The Balaban J connectivity index is 1.79. The Morgan fingerprint density at radius 1 is 1.17 bits per heavy atom. The van der Waals surface area contributed by atoms with Crippen molar-refractivity contribution in [3.63, 3.8) is 0 Å². The molecule has 23 heavy (non-hydrogen) atoms. The van der Waals surface area contributed by atoms with Crippen molar-refractivity contribution in [3.05, 3.63) is 53.7 Å². The van der Waals surface area contributed by atoms with Crippen LogP contribution < -0.4 is 5.32 Å². The first-order chi connectivity index (χ1) is 11.1. The van der Waals surface area contributed by atoms with Gasteiger partial charge in [0.25, 0.3) is 5.91 Å². The molecule has 4 heteroatoms. The van der Waals surface area contributed by atoms with Crippen LogP contribution >= 0.6 is 0 Å². The molecule has 2 aromatic rings. The van der Waals surface area contributed by atoms with E-state index in [0.717, 1.165) is 37.4 Å². The highest BCUT2D eigenvalue weighted by Crippen LogP contribution is 2.22. The van der Waals surface area contributed by atoms with Crippen molar-refractivity contribution in [3.8, 4) is 11.3 Å². The quantitative estimate of drug-likeness (QED) is 0.948. The number of pyridine rings is 1. The average molecular weight is 309 g/mol. The zero-order valence-electron chi connectivity index (χ0n) is 13.7. The predicted octanol–water partition coefficient (Wildman–Crippen LogP) is 2.92. The Morgan fingerprint density at radius 3 is 2.61 bits per heavy atom. The van der Waals surface area contributed by atoms with Crippen LogP contribution in [0.1, 0.15) is 35.7 Å². The molecule has 3 rings (SSSR count). The van der Waals surface area contributed by atoms with Gasteiger partial charge in [0.1, 0.15) is 0 Å². The molecule has 1 saturated heterocycles. The number of hydrogen-bond donors (Lipinski definition) is 1. The summed E-state index contributed by atoms with van der Waals surface area (Å²) >= 11 is 0. The van der Waals surface area contributed by atoms with Crippen LogP contribution in [0.5, 0.6) is 0 Å². The second kappa shape index (κ2) is 6.92. The van der Waals surface area contributed by atoms with Gasteiger partial charge in [0, 0.05) is 37.9 Å². The molecule has 1 aromatic heterocycles. The van der Waals surface area contributed by atoms with Crippen molar-refractivity contribution in [1.29, 1.82) is 0 Å². The molecule has 0 unspecified atom stereocenters. The number of aromatic nitrogens is 1. The summed E-state index contributed by atoms with van der Waals surface area (Å²) in [5.74, 6) is 0.560. The maximum absolute atomic E-state index is 12.4. The van der Waals surface area contributed by atoms with Crippen LogP contribution in [-0.4, -0.2) is 42.0 Å². The second-order valence-corrected chi connectivity index (χ2v) is 6.25. The highest BCUT2D eigenvalue weighted by molar-refractivity contribution is 5.94. The number of benzene rings is 1. The monoisotopic (exact) mass is 309 g/mol. The smallest absolute Gasteiger partial charge is 0.255 e. The van der Waals surface area contributed by atoms with Crippen molar-refractivity contribution in [1.82, 2.24) is 15.2 Å². The normalized spacial score (nSPS) is 15.0. The molecule has 0 aliphatic carbocycles. The van der Waals surface area contributed by atoms with Crippen molar-refractivity contribution >= 4 is 5.91 Å². The highest BCUT2D eigenvalue weighted by atomic mass is 16.2. The second-order valence-electron chi connectivity index (χ2n) is 6.25. The van der Waals surface area contributed by atoms with Crippen LogP contribution in [0.2, 0.25) is 0 Å². The van der Waals surface area contributed by atoms with Crippen molar-refractivity contribution in [2.24, 2.45) is 0 Å². The van der Waals surface area contributed by atoms with Crippen LogP contribution in [0.3, 0.4) is 0 Å². The summed E-state index contributed by atoms with van der Waals surface area (Å²) in [4.78, 5) is 18.8. The molecule has 0 radical (unpaired) electrons. The lowest BCUT2D eigenvalue weighted by Gasteiger charge is -2.27. The van der Waals surface area contributed by atoms with Gasteiger partial charge in [-0.05, 0) is 29.7 Å². The van der Waals surface area contributed by atoms with Gasteiger partial charge in [0.15, 0.2) is 0 Å². The number of rotatable bonds is 3. The summed E-state index contributed by atoms with van der Waals surface area (Å²) in [5, 5.41) is 3.26. The minimum atomic E-state index is 0.0708. The van der Waals surface area contributed by atoms with E-state index in [9.17, 15) is 4.79 Å². The Labute approximate surface area is 137 Å². The fourth-order valence-corrected chi connectivity index (χ4v) is 2.80. The lowest BCUT2D eigenvalue weighted by atomic mass is 9.99. The standard InChI is InChI=1S/C19H23N3O/c1-14(2)15-4-3-5-16(12-15)18-7-6-17(13-21-18)19(23)22-10-8-20-9-11-22/h3-7,12-14,20H,8-11H2,1-2H3. The summed E-state index contributed by atoms with van der Waals surface area (Å²) in [7, 11) is 0. The third-order valence-corrected chi connectivity index (χ3v) is 4.26. The summed E-state index contributed by atoms with van der Waals surface area (Å²) < 4.78 is 0. The lowest BCUT2D eigenvalue weighted by molar-refractivity contribution is 0.0735. The molecule has 1 amide bonds. The molecule has 1 N–H and O–H groups in total. The molecule has 0 atom stereocenters. The summed E-state index contributed by atoms with van der Waals surface area (Å²) in [6.07, 6.45) is 1.70. The number of carbonyl (C=O) groups excluding carboxylic acids is 1. The van der Waals surface area contributed by atoms with E-state index in [0.29, 0.717) is 11.5 Å². The first-order valence-corrected chi connectivity index (χ1v) is 8.21. The number of nitrogens with one attached hydrogen (secondary N) is 1. The molecule has 4 nitrogen and oxygen atoms in total. The fourth-order valence-electron chi connectivity index (χ4n) is 2.80. The molecular weight excluding hydrogens is 286 g/mol. The van der Waals surface area contributed by atoms with Gasteiger partial charge in [-0.25, -0.2) is 0 Å².